The molecule has 0 bridgehead atoms. The average molecular weight is 238 g/mol. The topological polar surface area (TPSA) is 62.1 Å². The van der Waals surface area contributed by atoms with E-state index in [1.165, 1.54) is 12.3 Å². The lowest BCUT2D eigenvalue weighted by molar-refractivity contribution is 0.159. The fourth-order valence-electron chi connectivity index (χ4n) is 1.48. The second-order valence-electron chi connectivity index (χ2n) is 3.67. The number of cyclic esters (lactones) is 1. The van der Waals surface area contributed by atoms with Gasteiger partial charge in [-0.1, -0.05) is 0 Å². The Morgan fingerprint density at radius 3 is 3.00 bits per heavy atom. The zero-order valence-electron chi connectivity index (χ0n) is 9.18. The number of carbonyl (C=O) groups is 1. The van der Waals surface area contributed by atoms with Crippen LogP contribution < -0.4 is 0 Å². The van der Waals surface area contributed by atoms with Gasteiger partial charge >= 0.3 is 6.09 Å². The molecule has 0 radical (unpaired) electrons. The standard InChI is InChI=1S/C11H11FN2O3/c1-7-4-8(10(15)9(12)5-7)6-13-14-2-3-17-11(14)16/h4-6,15H,2-3H2,1H3/b13-6+. The quantitative estimate of drug-likeness (QED) is 0.796. The molecule has 0 aliphatic carbocycles. The van der Waals surface area contributed by atoms with Crippen LogP contribution in [-0.2, 0) is 4.74 Å². The van der Waals surface area contributed by atoms with Crippen LogP contribution in [-0.4, -0.2) is 35.6 Å². The minimum Gasteiger partial charge on any atom is -0.504 e. The molecule has 0 spiro atoms. The molecule has 90 valence electrons. The lowest BCUT2D eigenvalue weighted by atomic mass is 10.1. The fourth-order valence-corrected chi connectivity index (χ4v) is 1.48. The number of phenolic OH excluding ortho intramolecular Hbond substituents is 1. The van der Waals surface area contributed by atoms with E-state index in [0.717, 1.165) is 5.01 Å². The zero-order chi connectivity index (χ0) is 12.4. The van der Waals surface area contributed by atoms with E-state index in [-0.39, 0.29) is 12.2 Å². The third-order valence-corrected chi connectivity index (χ3v) is 2.31. The number of amides is 1. The molecule has 0 aromatic heterocycles. The molecule has 0 unspecified atom stereocenters. The Bertz CT molecular complexity index is 488. The Hall–Kier alpha value is -2.11. The van der Waals surface area contributed by atoms with Crippen LogP contribution >= 0.6 is 0 Å². The molecule has 2 rings (SSSR count). The van der Waals surface area contributed by atoms with Crippen molar-refractivity contribution < 1.29 is 19.0 Å². The number of hydrogen-bond donors (Lipinski definition) is 1. The van der Waals surface area contributed by atoms with Gasteiger partial charge < -0.3 is 9.84 Å². The van der Waals surface area contributed by atoms with Crippen molar-refractivity contribution in [1.82, 2.24) is 5.01 Å². The first-order valence-corrected chi connectivity index (χ1v) is 5.05. The average Bonchev–Trinajstić information content (AvgIpc) is 2.67. The lowest BCUT2D eigenvalue weighted by Gasteiger charge is -2.05. The van der Waals surface area contributed by atoms with Crippen molar-refractivity contribution in [3.05, 3.63) is 29.1 Å². The molecule has 1 N–H and O–H groups in total. The highest BCUT2D eigenvalue weighted by Crippen LogP contribution is 2.21. The Morgan fingerprint density at radius 1 is 1.59 bits per heavy atom. The van der Waals surface area contributed by atoms with Gasteiger partial charge in [-0.25, -0.2) is 9.18 Å². The van der Waals surface area contributed by atoms with Gasteiger partial charge in [0.1, 0.15) is 6.61 Å². The van der Waals surface area contributed by atoms with Gasteiger partial charge in [-0.05, 0) is 24.6 Å². The first-order valence-electron chi connectivity index (χ1n) is 5.05. The highest BCUT2D eigenvalue weighted by atomic mass is 19.1. The van der Waals surface area contributed by atoms with Crippen LogP contribution in [0.3, 0.4) is 0 Å². The third-order valence-electron chi connectivity index (χ3n) is 2.31. The molecule has 1 amide bonds. The zero-order valence-corrected chi connectivity index (χ0v) is 9.18. The normalized spacial score (nSPS) is 15.6. The third kappa shape index (κ3) is 2.35. The Morgan fingerprint density at radius 2 is 2.35 bits per heavy atom. The van der Waals surface area contributed by atoms with Crippen LogP contribution in [0.15, 0.2) is 17.2 Å². The molecular weight excluding hydrogens is 227 g/mol. The van der Waals surface area contributed by atoms with E-state index >= 15 is 0 Å². The molecule has 5 nitrogen and oxygen atoms in total. The molecule has 0 saturated carbocycles. The van der Waals surface area contributed by atoms with Crippen LogP contribution in [0.5, 0.6) is 5.75 Å². The molecule has 1 aromatic carbocycles. The van der Waals surface area contributed by atoms with Gasteiger partial charge in [0.05, 0.1) is 12.8 Å². The highest BCUT2D eigenvalue weighted by molar-refractivity contribution is 5.84. The van der Waals surface area contributed by atoms with E-state index in [1.807, 2.05) is 0 Å². The van der Waals surface area contributed by atoms with E-state index in [4.69, 9.17) is 0 Å². The highest BCUT2D eigenvalue weighted by Gasteiger charge is 2.20. The van der Waals surface area contributed by atoms with Crippen LogP contribution in [0.25, 0.3) is 0 Å². The van der Waals surface area contributed by atoms with Gasteiger partial charge in [0.25, 0.3) is 0 Å². The van der Waals surface area contributed by atoms with Gasteiger partial charge in [0.15, 0.2) is 11.6 Å². The summed E-state index contributed by atoms with van der Waals surface area (Å²) in [7, 11) is 0. The summed E-state index contributed by atoms with van der Waals surface area (Å²) in [5.41, 5.74) is 0.882. The maximum absolute atomic E-state index is 13.2. The molecule has 1 aromatic rings. The molecular formula is C11H11FN2O3. The molecule has 0 atom stereocenters. The largest absolute Gasteiger partial charge is 0.504 e. The molecule has 1 heterocycles. The van der Waals surface area contributed by atoms with Crippen molar-refractivity contribution in [2.75, 3.05) is 13.2 Å². The summed E-state index contributed by atoms with van der Waals surface area (Å²) in [6, 6.07) is 2.79. The minimum absolute atomic E-state index is 0.224. The summed E-state index contributed by atoms with van der Waals surface area (Å²) in [4.78, 5) is 11.1. The predicted molar refractivity (Wildman–Crippen MR) is 58.4 cm³/mol. The van der Waals surface area contributed by atoms with Crippen molar-refractivity contribution in [3.63, 3.8) is 0 Å². The first-order chi connectivity index (χ1) is 8.08. The molecule has 1 aliphatic heterocycles. The van der Waals surface area contributed by atoms with Crippen molar-refractivity contribution in [1.29, 1.82) is 0 Å². The van der Waals surface area contributed by atoms with Gasteiger partial charge in [-0.15, -0.1) is 0 Å². The van der Waals surface area contributed by atoms with Gasteiger partial charge in [-0.2, -0.15) is 10.1 Å². The summed E-state index contributed by atoms with van der Waals surface area (Å²) >= 11 is 0. The number of phenols is 1. The van der Waals surface area contributed by atoms with Crippen LogP contribution in [0, 0.1) is 12.7 Å². The molecule has 1 saturated heterocycles. The number of ether oxygens (including phenoxy) is 1. The van der Waals surface area contributed by atoms with E-state index in [0.29, 0.717) is 12.1 Å². The van der Waals surface area contributed by atoms with Crippen molar-refractivity contribution in [2.45, 2.75) is 6.92 Å². The number of benzene rings is 1. The maximum atomic E-state index is 13.2. The van der Waals surface area contributed by atoms with Gasteiger partial charge in [-0.3, -0.25) is 0 Å². The number of hydrazone groups is 1. The van der Waals surface area contributed by atoms with Gasteiger partial charge in [0, 0.05) is 5.56 Å². The van der Waals surface area contributed by atoms with Crippen LogP contribution in [0.2, 0.25) is 0 Å². The van der Waals surface area contributed by atoms with E-state index < -0.39 is 17.7 Å². The van der Waals surface area contributed by atoms with Crippen molar-refractivity contribution >= 4 is 12.3 Å². The number of halogens is 1. The second-order valence-corrected chi connectivity index (χ2v) is 3.67. The van der Waals surface area contributed by atoms with Crippen LogP contribution in [0.1, 0.15) is 11.1 Å². The second kappa shape index (κ2) is 4.40. The lowest BCUT2D eigenvalue weighted by Crippen LogP contribution is -2.17. The van der Waals surface area contributed by atoms with Crippen LogP contribution in [0.4, 0.5) is 9.18 Å². The van der Waals surface area contributed by atoms with E-state index in [9.17, 15) is 14.3 Å². The number of carbonyl (C=O) groups excluding carboxylic acids is 1. The molecule has 6 heteroatoms. The maximum Gasteiger partial charge on any atom is 0.430 e. The first kappa shape index (κ1) is 11.4. The Labute approximate surface area is 97.1 Å². The van der Waals surface area contributed by atoms with E-state index in [2.05, 4.69) is 9.84 Å². The number of rotatable bonds is 2. The minimum atomic E-state index is -0.713. The van der Waals surface area contributed by atoms with Crippen molar-refractivity contribution in [3.8, 4) is 5.75 Å². The summed E-state index contributed by atoms with van der Waals surface area (Å²) < 4.78 is 17.9. The monoisotopic (exact) mass is 238 g/mol. The van der Waals surface area contributed by atoms with Gasteiger partial charge in [0.2, 0.25) is 0 Å². The van der Waals surface area contributed by atoms with E-state index in [1.54, 1.807) is 13.0 Å². The Balaban J connectivity index is 2.23. The fraction of sp³-hybridized carbons (Fsp3) is 0.273. The molecule has 1 fully saturated rings. The van der Waals surface area contributed by atoms with Crippen molar-refractivity contribution in [2.24, 2.45) is 5.10 Å². The summed E-state index contributed by atoms with van der Waals surface area (Å²) in [5, 5.41) is 14.4. The number of aryl methyl sites for hydroxylation is 1. The summed E-state index contributed by atoms with van der Waals surface area (Å²) in [5.74, 6) is -1.19. The smallest absolute Gasteiger partial charge is 0.430 e. The SMILES string of the molecule is Cc1cc(F)c(O)c(/C=N/N2CCOC2=O)c1. The number of aromatic hydroxyl groups is 1. The molecule has 17 heavy (non-hydrogen) atoms. The predicted octanol–water partition coefficient (Wildman–Crippen LogP) is 1.63. The Kier molecular flexibility index (Phi) is 2.95. The number of hydrogen-bond acceptors (Lipinski definition) is 4. The number of nitrogens with zero attached hydrogens (tertiary/aromatic N) is 2. The summed E-state index contributed by atoms with van der Waals surface area (Å²) in [6.07, 6.45) is 0.687. The molecule has 1 aliphatic rings. The summed E-state index contributed by atoms with van der Waals surface area (Å²) in [6.45, 7) is 2.33.